The maximum absolute atomic E-state index is 13.1. The summed E-state index contributed by atoms with van der Waals surface area (Å²) in [5.74, 6) is 0.680. The predicted octanol–water partition coefficient (Wildman–Crippen LogP) is 5.06. The number of fused-ring (bicyclic) bond motifs is 1. The van der Waals surface area contributed by atoms with Crippen LogP contribution in [0, 0.1) is 6.92 Å². The van der Waals surface area contributed by atoms with Crippen molar-refractivity contribution in [3.63, 3.8) is 0 Å². The van der Waals surface area contributed by atoms with Crippen molar-refractivity contribution in [1.82, 2.24) is 9.88 Å². The maximum Gasteiger partial charge on any atom is 0.252 e. The van der Waals surface area contributed by atoms with Crippen molar-refractivity contribution in [3.8, 4) is 5.75 Å². The molecule has 29 heavy (non-hydrogen) atoms. The van der Waals surface area contributed by atoms with Gasteiger partial charge in [0.25, 0.3) is 5.91 Å². The normalized spacial score (nSPS) is 11.6. The lowest BCUT2D eigenvalue weighted by Crippen LogP contribution is -2.38. The van der Waals surface area contributed by atoms with Crippen LogP contribution in [0.1, 0.15) is 24.3 Å². The lowest BCUT2D eigenvalue weighted by molar-refractivity contribution is -0.114. The summed E-state index contributed by atoms with van der Waals surface area (Å²) in [5, 5.41) is 2.71. The van der Waals surface area contributed by atoms with E-state index in [-0.39, 0.29) is 5.91 Å². The van der Waals surface area contributed by atoms with Crippen molar-refractivity contribution in [1.29, 1.82) is 0 Å². The number of thiophene rings is 1. The number of rotatable bonds is 9. The summed E-state index contributed by atoms with van der Waals surface area (Å²) < 4.78 is 6.54. The Balaban J connectivity index is 1.94. The molecule has 1 amide bonds. The number of benzene rings is 1. The van der Waals surface area contributed by atoms with Gasteiger partial charge in [0.2, 0.25) is 0 Å². The van der Waals surface area contributed by atoms with Gasteiger partial charge in [-0.2, -0.15) is 0 Å². The van der Waals surface area contributed by atoms with Gasteiger partial charge in [-0.05, 0) is 49.2 Å². The number of hydrogen-bond donors (Lipinski definition) is 0. The molecule has 1 aromatic carbocycles. The number of ether oxygens (including phenoxy) is 1. The maximum atomic E-state index is 13.1. The topological polar surface area (TPSA) is 45.7 Å². The van der Waals surface area contributed by atoms with E-state index in [1.807, 2.05) is 35.7 Å². The number of aryl methyl sites for hydroxylation is 1. The number of aromatic nitrogens is 1. The predicted molar refractivity (Wildman–Crippen MR) is 124 cm³/mol. The molecule has 2 heterocycles. The summed E-state index contributed by atoms with van der Waals surface area (Å²) >= 11 is 3.16. The zero-order valence-corrected chi connectivity index (χ0v) is 19.0. The van der Waals surface area contributed by atoms with Crippen molar-refractivity contribution in [3.05, 3.63) is 46.2 Å². The highest BCUT2D eigenvalue weighted by molar-refractivity contribution is 7.22. The Morgan fingerprint density at radius 3 is 2.66 bits per heavy atom. The van der Waals surface area contributed by atoms with Gasteiger partial charge in [0, 0.05) is 24.0 Å². The van der Waals surface area contributed by atoms with Gasteiger partial charge < -0.3 is 9.64 Å². The minimum atomic E-state index is -0.0544. The van der Waals surface area contributed by atoms with Gasteiger partial charge in [0.15, 0.2) is 5.13 Å². The molecule has 0 atom stereocenters. The molecule has 5 nitrogen and oxygen atoms in total. The van der Waals surface area contributed by atoms with Gasteiger partial charge >= 0.3 is 0 Å². The molecule has 0 saturated carbocycles. The molecular weight excluding hydrogens is 402 g/mol. The van der Waals surface area contributed by atoms with E-state index in [1.54, 1.807) is 40.8 Å². The fourth-order valence-corrected chi connectivity index (χ4v) is 4.79. The van der Waals surface area contributed by atoms with E-state index in [1.165, 1.54) is 0 Å². The monoisotopic (exact) mass is 429 g/mol. The highest BCUT2D eigenvalue weighted by Gasteiger charge is 2.20. The van der Waals surface area contributed by atoms with E-state index in [0.29, 0.717) is 11.7 Å². The Kier molecular flexibility index (Phi) is 7.41. The van der Waals surface area contributed by atoms with Gasteiger partial charge in [-0.15, -0.1) is 11.3 Å². The van der Waals surface area contributed by atoms with Gasteiger partial charge in [-0.25, -0.2) is 4.98 Å². The molecule has 3 rings (SSSR count). The fourth-order valence-electron chi connectivity index (χ4n) is 3.09. The first-order chi connectivity index (χ1) is 14.1. The van der Waals surface area contributed by atoms with Crippen molar-refractivity contribution < 1.29 is 9.53 Å². The third-order valence-corrected chi connectivity index (χ3v) is 6.93. The van der Waals surface area contributed by atoms with Crippen LogP contribution >= 0.6 is 22.7 Å². The summed E-state index contributed by atoms with van der Waals surface area (Å²) in [4.78, 5) is 23.0. The summed E-state index contributed by atoms with van der Waals surface area (Å²) in [6.45, 7) is 9.64. The summed E-state index contributed by atoms with van der Waals surface area (Å²) in [7, 11) is 1.65. The average molecular weight is 430 g/mol. The van der Waals surface area contributed by atoms with E-state index in [4.69, 9.17) is 9.72 Å². The van der Waals surface area contributed by atoms with Crippen LogP contribution in [0.25, 0.3) is 16.3 Å². The number of nitrogens with zero attached hydrogens (tertiary/aromatic N) is 3. The van der Waals surface area contributed by atoms with Gasteiger partial charge in [-0.1, -0.05) is 37.3 Å². The third-order valence-electron chi connectivity index (χ3n) is 4.88. The number of thiazole rings is 1. The lowest BCUT2D eigenvalue weighted by Gasteiger charge is -2.23. The highest BCUT2D eigenvalue weighted by atomic mass is 32.1. The number of anilines is 1. The van der Waals surface area contributed by atoms with Crippen LogP contribution in [-0.2, 0) is 4.79 Å². The molecule has 7 heteroatoms. The first kappa shape index (κ1) is 21.5. The molecule has 0 fully saturated rings. The summed E-state index contributed by atoms with van der Waals surface area (Å²) in [5.41, 5.74) is 1.95. The van der Waals surface area contributed by atoms with E-state index in [0.717, 1.165) is 46.0 Å². The molecule has 3 aromatic rings. The molecule has 0 unspecified atom stereocenters. The smallest absolute Gasteiger partial charge is 0.252 e. The van der Waals surface area contributed by atoms with Crippen molar-refractivity contribution in [2.75, 3.05) is 38.2 Å². The fraction of sp³-hybridized carbons (Fsp3) is 0.364. The number of amides is 1. The second-order valence-corrected chi connectivity index (χ2v) is 8.58. The molecule has 0 N–H and O–H groups in total. The van der Waals surface area contributed by atoms with Crippen LogP contribution in [0.2, 0.25) is 0 Å². The number of carbonyl (C=O) groups is 1. The summed E-state index contributed by atoms with van der Waals surface area (Å²) in [6.07, 6.45) is 3.51. The molecule has 0 bridgehead atoms. The van der Waals surface area contributed by atoms with Crippen molar-refractivity contribution in [2.24, 2.45) is 0 Å². The van der Waals surface area contributed by atoms with Crippen LogP contribution in [0.4, 0.5) is 5.13 Å². The van der Waals surface area contributed by atoms with Crippen LogP contribution in [0.3, 0.4) is 0 Å². The van der Waals surface area contributed by atoms with E-state index in [9.17, 15) is 4.79 Å². The Labute approximate surface area is 180 Å². The Morgan fingerprint density at radius 2 is 2.00 bits per heavy atom. The van der Waals surface area contributed by atoms with Crippen LogP contribution in [-0.4, -0.2) is 49.1 Å². The van der Waals surface area contributed by atoms with Gasteiger partial charge in [0.1, 0.15) is 11.3 Å². The van der Waals surface area contributed by atoms with Crippen molar-refractivity contribution >= 4 is 50.0 Å². The molecule has 0 aliphatic carbocycles. The summed E-state index contributed by atoms with van der Waals surface area (Å²) in [6, 6.07) is 7.94. The number of carbonyl (C=O) groups excluding carboxylic acids is 1. The third kappa shape index (κ3) is 5.04. The minimum absolute atomic E-state index is 0.0544. The lowest BCUT2D eigenvalue weighted by atomic mass is 10.2. The zero-order chi connectivity index (χ0) is 20.8. The quantitative estimate of drug-likeness (QED) is 0.446. The molecule has 0 aliphatic rings. The van der Waals surface area contributed by atoms with Gasteiger partial charge in [0.05, 0.1) is 11.8 Å². The van der Waals surface area contributed by atoms with Crippen LogP contribution in [0.15, 0.2) is 35.7 Å². The average Bonchev–Trinajstić information content (AvgIpc) is 3.40. The van der Waals surface area contributed by atoms with Crippen molar-refractivity contribution in [2.45, 2.75) is 20.8 Å². The van der Waals surface area contributed by atoms with Crippen LogP contribution in [0.5, 0.6) is 5.75 Å². The second-order valence-electron chi connectivity index (χ2n) is 6.62. The van der Waals surface area contributed by atoms with Gasteiger partial charge in [-0.3, -0.25) is 9.69 Å². The number of methoxy groups -OCH3 is 1. The largest absolute Gasteiger partial charge is 0.494 e. The Hall–Kier alpha value is -2.22. The Bertz CT molecular complexity index is 976. The number of hydrogen-bond acceptors (Lipinski definition) is 6. The highest BCUT2D eigenvalue weighted by Crippen LogP contribution is 2.36. The molecule has 0 saturated heterocycles. The first-order valence-electron chi connectivity index (χ1n) is 9.76. The molecule has 2 aromatic heterocycles. The minimum Gasteiger partial charge on any atom is -0.494 e. The number of likely N-dealkylation sites (N-methyl/N-ethyl adjacent to an activating group) is 1. The molecule has 0 spiro atoms. The standard InChI is InChI=1S/C22H27N3O2S2/c1-5-24(6-2)13-14-25(19(26)12-10-17-8-7-15-28-17)22-23-20-18(27-4)11-9-16(3)21(20)29-22/h7-12,15H,5-6,13-14H2,1-4H3. The second kappa shape index (κ2) is 10.0. The molecular formula is C22H27N3O2S2. The molecule has 0 radical (unpaired) electrons. The molecule has 0 aliphatic heterocycles. The Morgan fingerprint density at radius 1 is 1.21 bits per heavy atom. The zero-order valence-electron chi connectivity index (χ0n) is 17.3. The first-order valence-corrected chi connectivity index (χ1v) is 11.5. The van der Waals surface area contributed by atoms with E-state index in [2.05, 4.69) is 25.7 Å². The van der Waals surface area contributed by atoms with Crippen LogP contribution < -0.4 is 9.64 Å². The van der Waals surface area contributed by atoms with E-state index < -0.39 is 0 Å². The SMILES string of the molecule is CCN(CC)CCN(C(=O)C=Cc1cccs1)c1nc2c(OC)ccc(C)c2s1. The van der Waals surface area contributed by atoms with E-state index >= 15 is 0 Å². The molecule has 154 valence electrons.